The molecule has 1 heterocycles. The van der Waals surface area contributed by atoms with Crippen molar-refractivity contribution in [1.82, 2.24) is 0 Å². The summed E-state index contributed by atoms with van der Waals surface area (Å²) in [5.74, 6) is 1.71. The third-order valence-electron chi connectivity index (χ3n) is 12.5. The molecule has 0 atom stereocenters. The highest BCUT2D eigenvalue weighted by Gasteiger charge is 2.48. The average Bonchev–Trinajstić information content (AvgIpc) is 3.40. The lowest BCUT2D eigenvalue weighted by atomic mass is 9.66. The van der Waals surface area contributed by atoms with E-state index in [1.807, 2.05) is 6.07 Å². The van der Waals surface area contributed by atoms with Crippen LogP contribution in [-0.4, -0.2) is 0 Å². The summed E-state index contributed by atoms with van der Waals surface area (Å²) in [5, 5.41) is 0. The molecule has 1 spiro atoms. The topological polar surface area (TPSA) is 12.5 Å². The van der Waals surface area contributed by atoms with Gasteiger partial charge >= 0.3 is 0 Å². The predicted molar refractivity (Wildman–Crippen MR) is 244 cm³/mol. The molecule has 12 rings (SSSR count). The van der Waals surface area contributed by atoms with Gasteiger partial charge in [0.2, 0.25) is 0 Å². The van der Waals surface area contributed by atoms with Crippen molar-refractivity contribution in [3.05, 3.63) is 246 Å². The molecule has 2 heteroatoms. The largest absolute Gasteiger partial charge is 0.456 e. The molecule has 9 aromatic rings. The van der Waals surface area contributed by atoms with Crippen LogP contribution < -0.4 is 9.64 Å². The molecule has 0 unspecified atom stereocenters. The van der Waals surface area contributed by atoms with Crippen molar-refractivity contribution < 1.29 is 4.74 Å². The Bertz CT molecular complexity index is 3090. The summed E-state index contributed by atoms with van der Waals surface area (Å²) >= 11 is 0. The summed E-state index contributed by atoms with van der Waals surface area (Å²) in [6.45, 7) is 0. The molecule has 0 radical (unpaired) electrons. The number of fused-ring (bicyclic) bond motifs is 14. The fraction of sp³-hybridized carbons (Fsp3) is 0.0175. The predicted octanol–water partition coefficient (Wildman–Crippen LogP) is 15.1. The van der Waals surface area contributed by atoms with E-state index in [2.05, 4.69) is 223 Å². The average molecular weight is 752 g/mol. The van der Waals surface area contributed by atoms with Crippen LogP contribution >= 0.6 is 0 Å². The van der Waals surface area contributed by atoms with Crippen molar-refractivity contribution in [3.8, 4) is 56.0 Å². The molecule has 9 aromatic carbocycles. The second kappa shape index (κ2) is 13.2. The van der Waals surface area contributed by atoms with Crippen LogP contribution in [0.25, 0.3) is 56.7 Å². The quantitative estimate of drug-likeness (QED) is 0.178. The van der Waals surface area contributed by atoms with Crippen molar-refractivity contribution in [2.75, 3.05) is 4.90 Å². The van der Waals surface area contributed by atoms with Gasteiger partial charge in [0.15, 0.2) is 0 Å². The molecular formula is C57H37NO. The SMILES string of the molecule is C1=Cc2ccccc2C2(c3ccccc31)c1ccccc1-c1cc(N(c3ccc(-c4ccccc4)cc3)c3ccc4c(c3)-c3ccccc3-c3ccccc3O4)ccc12. The third-order valence-corrected chi connectivity index (χ3v) is 12.5. The van der Waals surface area contributed by atoms with Gasteiger partial charge in [0.05, 0.1) is 5.41 Å². The van der Waals surface area contributed by atoms with Gasteiger partial charge in [0.25, 0.3) is 0 Å². The Labute approximate surface area is 344 Å². The first kappa shape index (κ1) is 33.5. The van der Waals surface area contributed by atoms with E-state index in [0.717, 1.165) is 50.8 Å². The van der Waals surface area contributed by atoms with E-state index in [9.17, 15) is 0 Å². The molecular weight excluding hydrogens is 715 g/mol. The minimum Gasteiger partial charge on any atom is -0.456 e. The van der Waals surface area contributed by atoms with Crippen LogP contribution in [0.4, 0.5) is 17.1 Å². The van der Waals surface area contributed by atoms with Crippen LogP contribution in [0.3, 0.4) is 0 Å². The lowest BCUT2D eigenvalue weighted by Crippen LogP contribution is -2.29. The first-order valence-electron chi connectivity index (χ1n) is 20.3. The van der Waals surface area contributed by atoms with Crippen LogP contribution in [0.5, 0.6) is 11.5 Å². The summed E-state index contributed by atoms with van der Waals surface area (Å²) in [4.78, 5) is 2.40. The first-order valence-corrected chi connectivity index (χ1v) is 20.3. The van der Waals surface area contributed by atoms with Crippen LogP contribution in [-0.2, 0) is 5.41 Å². The Balaban J connectivity index is 1.09. The summed E-state index contributed by atoms with van der Waals surface area (Å²) in [7, 11) is 0. The fourth-order valence-corrected chi connectivity index (χ4v) is 9.97. The number of hydrogen-bond acceptors (Lipinski definition) is 2. The molecule has 2 nitrogen and oxygen atoms in total. The van der Waals surface area contributed by atoms with Crippen LogP contribution in [0.15, 0.2) is 212 Å². The van der Waals surface area contributed by atoms with Crippen molar-refractivity contribution in [2.45, 2.75) is 5.41 Å². The van der Waals surface area contributed by atoms with Gasteiger partial charge in [0, 0.05) is 28.2 Å². The highest BCUT2D eigenvalue weighted by molar-refractivity contribution is 5.96. The molecule has 59 heavy (non-hydrogen) atoms. The Kier molecular flexibility index (Phi) is 7.48. The number of para-hydroxylation sites is 1. The second-order valence-corrected chi connectivity index (χ2v) is 15.6. The van der Waals surface area contributed by atoms with Gasteiger partial charge in [0.1, 0.15) is 11.5 Å². The summed E-state index contributed by atoms with van der Waals surface area (Å²) in [6.07, 6.45) is 4.58. The number of hydrogen-bond donors (Lipinski definition) is 0. The highest BCUT2D eigenvalue weighted by atomic mass is 16.5. The molecule has 0 saturated carbocycles. The first-order chi connectivity index (χ1) is 29.3. The van der Waals surface area contributed by atoms with Crippen molar-refractivity contribution in [1.29, 1.82) is 0 Å². The lowest BCUT2D eigenvalue weighted by Gasteiger charge is -2.35. The van der Waals surface area contributed by atoms with Gasteiger partial charge < -0.3 is 9.64 Å². The van der Waals surface area contributed by atoms with E-state index in [1.54, 1.807) is 0 Å². The third kappa shape index (κ3) is 5.06. The maximum atomic E-state index is 6.70. The maximum Gasteiger partial charge on any atom is 0.135 e. The van der Waals surface area contributed by atoms with Gasteiger partial charge in [-0.1, -0.05) is 176 Å². The Hall–Kier alpha value is -7.68. The molecule has 0 N–H and O–H groups in total. The van der Waals surface area contributed by atoms with E-state index in [-0.39, 0.29) is 0 Å². The van der Waals surface area contributed by atoms with Crippen molar-refractivity contribution >= 4 is 29.2 Å². The number of nitrogens with zero attached hydrogens (tertiary/aromatic N) is 1. The van der Waals surface area contributed by atoms with Crippen LogP contribution in [0, 0.1) is 0 Å². The Morgan fingerprint density at radius 2 is 0.780 bits per heavy atom. The van der Waals surface area contributed by atoms with Crippen molar-refractivity contribution in [2.24, 2.45) is 0 Å². The standard InChI is InChI=1S/C57H37NO/c1-2-14-38(15-3-1)39-28-30-42(31-29-39)58(44-33-35-56-50(37-44)46-19-7-6-18-45(46)48-21-9-13-25-55(48)59-56)43-32-34-54-49(36-43)47-20-8-12-24-53(47)57(54)51-22-10-4-16-40(51)26-27-41-17-5-11-23-52(41)57/h1-37H. The zero-order valence-electron chi connectivity index (χ0n) is 32.2. The minimum atomic E-state index is -0.483. The molecule has 0 saturated heterocycles. The van der Waals surface area contributed by atoms with Gasteiger partial charge in [-0.2, -0.15) is 0 Å². The zero-order valence-corrected chi connectivity index (χ0v) is 32.2. The van der Waals surface area contributed by atoms with Crippen LogP contribution in [0.2, 0.25) is 0 Å². The lowest BCUT2D eigenvalue weighted by molar-refractivity contribution is 0.488. The number of benzene rings is 9. The summed E-state index contributed by atoms with van der Waals surface area (Å²) < 4.78 is 6.70. The summed E-state index contributed by atoms with van der Waals surface area (Å²) in [6, 6.07) is 77.2. The van der Waals surface area contributed by atoms with Gasteiger partial charge in [-0.25, -0.2) is 0 Å². The Morgan fingerprint density at radius 1 is 0.305 bits per heavy atom. The molecule has 0 fully saturated rings. The van der Waals surface area contributed by atoms with E-state index < -0.39 is 5.41 Å². The van der Waals surface area contributed by atoms with Crippen LogP contribution in [0.1, 0.15) is 33.4 Å². The molecule has 0 bridgehead atoms. The normalized spacial score (nSPS) is 13.3. The van der Waals surface area contributed by atoms with Gasteiger partial charge in [-0.15, -0.1) is 0 Å². The number of anilines is 3. The van der Waals surface area contributed by atoms with E-state index in [4.69, 9.17) is 4.74 Å². The van der Waals surface area contributed by atoms with Crippen molar-refractivity contribution in [3.63, 3.8) is 0 Å². The zero-order chi connectivity index (χ0) is 38.9. The van der Waals surface area contributed by atoms with Gasteiger partial charge in [-0.3, -0.25) is 0 Å². The molecule has 0 amide bonds. The van der Waals surface area contributed by atoms with Gasteiger partial charge in [-0.05, 0) is 115 Å². The molecule has 276 valence electrons. The minimum absolute atomic E-state index is 0.483. The highest BCUT2D eigenvalue weighted by Crippen LogP contribution is 2.59. The monoisotopic (exact) mass is 751 g/mol. The molecule has 2 aliphatic carbocycles. The molecule has 3 aliphatic rings. The maximum absolute atomic E-state index is 6.70. The number of ether oxygens (including phenoxy) is 1. The van der Waals surface area contributed by atoms with E-state index in [0.29, 0.717) is 0 Å². The second-order valence-electron chi connectivity index (χ2n) is 15.6. The van der Waals surface area contributed by atoms with E-state index >= 15 is 0 Å². The Morgan fingerprint density at radius 3 is 1.49 bits per heavy atom. The molecule has 1 aliphatic heterocycles. The summed E-state index contributed by atoms with van der Waals surface area (Å²) in [5.41, 5.74) is 19.8. The number of rotatable bonds is 4. The van der Waals surface area contributed by atoms with E-state index in [1.165, 1.54) is 55.6 Å². The molecule has 0 aromatic heterocycles. The smallest absolute Gasteiger partial charge is 0.135 e. The fourth-order valence-electron chi connectivity index (χ4n) is 9.97.